The number of aryl methyl sites for hydroxylation is 1. The second kappa shape index (κ2) is 8.73. The highest BCUT2D eigenvalue weighted by atomic mass is 32.2. The molecule has 0 atom stereocenters. The van der Waals surface area contributed by atoms with Crippen molar-refractivity contribution in [3.8, 4) is 5.75 Å². The Kier molecular flexibility index (Phi) is 6.34. The number of carbonyl (C=O) groups excluding carboxylic acids is 1. The van der Waals surface area contributed by atoms with E-state index in [1.165, 1.54) is 12.1 Å². The average Bonchev–Trinajstić information content (AvgIpc) is 2.64. The Hall–Kier alpha value is -2.41. The molecule has 2 aromatic carbocycles. The van der Waals surface area contributed by atoms with E-state index in [-0.39, 0.29) is 23.9 Å². The molecule has 150 valence electrons. The summed E-state index contributed by atoms with van der Waals surface area (Å²) in [6.07, 6.45) is 1.88. The zero-order valence-electron chi connectivity index (χ0n) is 15.8. The Bertz CT molecular complexity index is 904. The molecule has 3 rings (SSSR count). The average molecular weight is 405 g/mol. The second-order valence-electron chi connectivity index (χ2n) is 6.91. The normalized spacial score (nSPS) is 14.6. The Morgan fingerprint density at radius 3 is 2.36 bits per heavy atom. The van der Waals surface area contributed by atoms with Crippen molar-refractivity contribution < 1.29 is 22.3 Å². The van der Waals surface area contributed by atoms with Crippen molar-refractivity contribution in [3.63, 3.8) is 0 Å². The maximum absolute atomic E-state index is 13.0. The predicted octanol–water partition coefficient (Wildman–Crippen LogP) is 3.23. The third kappa shape index (κ3) is 4.70. The maximum Gasteiger partial charge on any atom is 0.222 e. The largest absolute Gasteiger partial charge is 0.494 e. The number of amides is 1. The van der Waals surface area contributed by atoms with E-state index < -0.39 is 20.9 Å². The van der Waals surface area contributed by atoms with Crippen LogP contribution in [0.2, 0.25) is 0 Å². The molecule has 1 saturated heterocycles. The summed E-state index contributed by atoms with van der Waals surface area (Å²) < 4.78 is 43.5. The minimum Gasteiger partial charge on any atom is -0.494 e. The monoisotopic (exact) mass is 405 g/mol. The highest BCUT2D eigenvalue weighted by molar-refractivity contribution is 7.92. The van der Waals surface area contributed by atoms with Crippen LogP contribution in [0, 0.1) is 5.82 Å². The number of rotatable bonds is 8. The lowest BCUT2D eigenvalue weighted by atomic mass is 10.1. The first kappa shape index (κ1) is 20.3. The Balaban J connectivity index is 1.48. The quantitative estimate of drug-likeness (QED) is 0.633. The number of ether oxygens (including phenoxy) is 1. The minimum absolute atomic E-state index is 0.0585. The molecular formula is C21H24FNO4S. The number of carbonyl (C=O) groups is 1. The summed E-state index contributed by atoms with van der Waals surface area (Å²) >= 11 is 0. The van der Waals surface area contributed by atoms with Crippen molar-refractivity contribution in [1.82, 2.24) is 4.90 Å². The number of likely N-dealkylation sites (tertiary alicyclic amines) is 1. The van der Waals surface area contributed by atoms with Crippen molar-refractivity contribution in [3.05, 3.63) is 59.9 Å². The molecule has 0 bridgehead atoms. The van der Waals surface area contributed by atoms with Gasteiger partial charge in [-0.3, -0.25) is 4.79 Å². The SMILES string of the molecule is CCCOc1ccc(CCC(=O)N2CC(S(=O)(=O)c3ccc(F)cc3)C2)cc1. The summed E-state index contributed by atoms with van der Waals surface area (Å²) in [6, 6.07) is 12.5. The third-order valence-corrected chi connectivity index (χ3v) is 6.91. The van der Waals surface area contributed by atoms with Crippen LogP contribution in [-0.2, 0) is 21.1 Å². The smallest absolute Gasteiger partial charge is 0.222 e. The van der Waals surface area contributed by atoms with Crippen molar-refractivity contribution in [1.29, 1.82) is 0 Å². The van der Waals surface area contributed by atoms with E-state index in [1.54, 1.807) is 4.90 Å². The van der Waals surface area contributed by atoms with Crippen LogP contribution in [0.5, 0.6) is 5.75 Å². The van der Waals surface area contributed by atoms with Gasteiger partial charge >= 0.3 is 0 Å². The van der Waals surface area contributed by atoms with Gasteiger partial charge in [0.15, 0.2) is 9.84 Å². The van der Waals surface area contributed by atoms with Crippen LogP contribution in [0.3, 0.4) is 0 Å². The second-order valence-corrected chi connectivity index (χ2v) is 9.14. The summed E-state index contributed by atoms with van der Waals surface area (Å²) in [5.41, 5.74) is 1.04. The standard InChI is InChI=1S/C21H24FNO4S/c1-2-13-27-18-8-3-16(4-9-18)5-12-21(24)23-14-20(15-23)28(25,26)19-10-6-17(22)7-11-19/h3-4,6-11,20H,2,5,12-15H2,1H3. The van der Waals surface area contributed by atoms with Crippen LogP contribution in [0.1, 0.15) is 25.3 Å². The molecule has 1 aliphatic rings. The molecule has 7 heteroatoms. The Morgan fingerprint density at radius 2 is 1.75 bits per heavy atom. The fourth-order valence-electron chi connectivity index (χ4n) is 3.04. The van der Waals surface area contributed by atoms with Gasteiger partial charge in [0.05, 0.1) is 11.5 Å². The number of hydrogen-bond acceptors (Lipinski definition) is 4. The molecule has 2 aromatic rings. The minimum atomic E-state index is -3.54. The van der Waals surface area contributed by atoms with Crippen LogP contribution in [0.4, 0.5) is 4.39 Å². The molecule has 1 amide bonds. The molecular weight excluding hydrogens is 381 g/mol. The lowest BCUT2D eigenvalue weighted by molar-refractivity contribution is -0.134. The van der Waals surface area contributed by atoms with Crippen molar-refractivity contribution >= 4 is 15.7 Å². The fourth-order valence-corrected chi connectivity index (χ4v) is 4.69. The van der Waals surface area contributed by atoms with Crippen LogP contribution < -0.4 is 4.74 Å². The summed E-state index contributed by atoms with van der Waals surface area (Å²) in [5, 5.41) is -0.628. The third-order valence-electron chi connectivity index (χ3n) is 4.81. The zero-order valence-corrected chi connectivity index (χ0v) is 16.6. The van der Waals surface area contributed by atoms with E-state index in [2.05, 4.69) is 0 Å². The highest BCUT2D eigenvalue weighted by Crippen LogP contribution is 2.25. The van der Waals surface area contributed by atoms with Gasteiger partial charge < -0.3 is 9.64 Å². The van der Waals surface area contributed by atoms with Gasteiger partial charge in [0.1, 0.15) is 16.8 Å². The predicted molar refractivity (Wildman–Crippen MR) is 105 cm³/mol. The zero-order chi connectivity index (χ0) is 20.1. The Labute approximate surface area is 165 Å². The van der Waals surface area contributed by atoms with E-state index in [0.717, 1.165) is 29.9 Å². The van der Waals surface area contributed by atoms with Crippen LogP contribution in [0.15, 0.2) is 53.4 Å². The van der Waals surface area contributed by atoms with Gasteiger partial charge in [-0.25, -0.2) is 12.8 Å². The Morgan fingerprint density at radius 1 is 1.11 bits per heavy atom. The first-order valence-corrected chi connectivity index (χ1v) is 10.9. The van der Waals surface area contributed by atoms with Gasteiger partial charge in [0, 0.05) is 19.5 Å². The summed E-state index contributed by atoms with van der Waals surface area (Å²) in [5.74, 6) is 0.277. The molecule has 1 fully saturated rings. The van der Waals surface area contributed by atoms with E-state index in [1.807, 2.05) is 31.2 Å². The van der Waals surface area contributed by atoms with Gasteiger partial charge in [0.2, 0.25) is 5.91 Å². The first-order valence-electron chi connectivity index (χ1n) is 9.39. The van der Waals surface area contributed by atoms with Gasteiger partial charge in [-0.2, -0.15) is 0 Å². The van der Waals surface area contributed by atoms with Gasteiger partial charge in [-0.1, -0.05) is 19.1 Å². The van der Waals surface area contributed by atoms with Crippen LogP contribution in [-0.4, -0.2) is 44.2 Å². The summed E-state index contributed by atoms with van der Waals surface area (Å²) in [4.78, 5) is 14.0. The summed E-state index contributed by atoms with van der Waals surface area (Å²) in [7, 11) is -3.54. The maximum atomic E-state index is 13.0. The van der Waals surface area contributed by atoms with Gasteiger partial charge in [-0.15, -0.1) is 0 Å². The molecule has 0 saturated carbocycles. The van der Waals surface area contributed by atoms with E-state index in [9.17, 15) is 17.6 Å². The number of benzene rings is 2. The summed E-state index contributed by atoms with van der Waals surface area (Å²) in [6.45, 7) is 3.09. The van der Waals surface area contributed by atoms with E-state index in [4.69, 9.17) is 4.74 Å². The number of nitrogens with zero attached hydrogens (tertiary/aromatic N) is 1. The van der Waals surface area contributed by atoms with Crippen LogP contribution >= 0.6 is 0 Å². The molecule has 0 N–H and O–H groups in total. The molecule has 0 radical (unpaired) electrons. The number of hydrogen-bond donors (Lipinski definition) is 0. The van der Waals surface area contributed by atoms with Crippen molar-refractivity contribution in [2.45, 2.75) is 36.3 Å². The lowest BCUT2D eigenvalue weighted by Crippen LogP contribution is -2.56. The fraction of sp³-hybridized carbons (Fsp3) is 0.381. The molecule has 1 heterocycles. The first-order chi connectivity index (χ1) is 13.4. The molecule has 0 spiro atoms. The number of halogens is 1. The van der Waals surface area contributed by atoms with Crippen molar-refractivity contribution in [2.24, 2.45) is 0 Å². The van der Waals surface area contributed by atoms with Crippen LogP contribution in [0.25, 0.3) is 0 Å². The van der Waals surface area contributed by atoms with E-state index in [0.29, 0.717) is 19.4 Å². The molecule has 5 nitrogen and oxygen atoms in total. The number of sulfone groups is 1. The molecule has 0 unspecified atom stereocenters. The molecule has 0 aromatic heterocycles. The molecule has 28 heavy (non-hydrogen) atoms. The van der Waals surface area contributed by atoms with Gasteiger partial charge in [0.25, 0.3) is 0 Å². The molecule has 1 aliphatic heterocycles. The molecule has 0 aliphatic carbocycles. The lowest BCUT2D eigenvalue weighted by Gasteiger charge is -2.38. The topological polar surface area (TPSA) is 63.7 Å². The van der Waals surface area contributed by atoms with Crippen molar-refractivity contribution in [2.75, 3.05) is 19.7 Å². The van der Waals surface area contributed by atoms with Gasteiger partial charge in [-0.05, 0) is 54.8 Å². The van der Waals surface area contributed by atoms with E-state index >= 15 is 0 Å². The highest BCUT2D eigenvalue weighted by Gasteiger charge is 2.40.